The van der Waals surface area contributed by atoms with Gasteiger partial charge in [0, 0.05) is 13.1 Å². The Hall–Kier alpha value is -0.250. The standard InChI is InChI=1S/C9H16F3N/c1-7(2)3-4-13-5-8(6-13)9(10,11)12/h7-8H,3-6H2,1-2H3. The number of rotatable bonds is 3. The van der Waals surface area contributed by atoms with Crippen molar-refractivity contribution in [2.75, 3.05) is 19.6 Å². The van der Waals surface area contributed by atoms with Gasteiger partial charge in [-0.05, 0) is 18.9 Å². The molecule has 0 aromatic heterocycles. The van der Waals surface area contributed by atoms with Gasteiger partial charge in [0.05, 0.1) is 5.92 Å². The summed E-state index contributed by atoms with van der Waals surface area (Å²) in [6.45, 7) is 5.39. The third kappa shape index (κ3) is 3.18. The highest BCUT2D eigenvalue weighted by atomic mass is 19.4. The zero-order valence-corrected chi connectivity index (χ0v) is 8.06. The molecule has 0 spiro atoms. The van der Waals surface area contributed by atoms with Crippen LogP contribution in [0.3, 0.4) is 0 Å². The maximum Gasteiger partial charge on any atom is 0.394 e. The van der Waals surface area contributed by atoms with Crippen molar-refractivity contribution in [3.63, 3.8) is 0 Å². The van der Waals surface area contributed by atoms with E-state index < -0.39 is 12.1 Å². The second kappa shape index (κ2) is 3.86. The minimum atomic E-state index is -3.98. The van der Waals surface area contributed by atoms with E-state index in [2.05, 4.69) is 13.8 Å². The van der Waals surface area contributed by atoms with Gasteiger partial charge in [-0.2, -0.15) is 13.2 Å². The maximum absolute atomic E-state index is 12.0. The first kappa shape index (κ1) is 10.8. The number of hydrogen-bond donors (Lipinski definition) is 0. The van der Waals surface area contributed by atoms with Crippen LogP contribution in [-0.2, 0) is 0 Å². The Kier molecular flexibility index (Phi) is 3.22. The Morgan fingerprint density at radius 1 is 1.31 bits per heavy atom. The fourth-order valence-electron chi connectivity index (χ4n) is 1.40. The Morgan fingerprint density at radius 2 is 1.85 bits per heavy atom. The molecule has 1 saturated heterocycles. The van der Waals surface area contributed by atoms with Crippen LogP contribution in [0.25, 0.3) is 0 Å². The molecule has 1 aliphatic heterocycles. The van der Waals surface area contributed by atoms with E-state index in [4.69, 9.17) is 0 Å². The van der Waals surface area contributed by atoms with E-state index in [0.717, 1.165) is 13.0 Å². The van der Waals surface area contributed by atoms with Gasteiger partial charge >= 0.3 is 6.18 Å². The minimum Gasteiger partial charge on any atom is -0.302 e. The van der Waals surface area contributed by atoms with E-state index in [0.29, 0.717) is 5.92 Å². The molecule has 0 unspecified atom stereocenters. The molecular weight excluding hydrogens is 179 g/mol. The quantitative estimate of drug-likeness (QED) is 0.668. The molecule has 1 aliphatic rings. The number of halogens is 3. The van der Waals surface area contributed by atoms with Crippen LogP contribution in [0.1, 0.15) is 20.3 Å². The van der Waals surface area contributed by atoms with Crippen LogP contribution in [-0.4, -0.2) is 30.7 Å². The molecule has 0 aromatic carbocycles. The summed E-state index contributed by atoms with van der Waals surface area (Å²) in [5.74, 6) is -0.496. The van der Waals surface area contributed by atoms with E-state index in [-0.39, 0.29) is 13.1 Å². The SMILES string of the molecule is CC(C)CCN1CC(C(F)(F)F)C1. The van der Waals surface area contributed by atoms with E-state index in [1.165, 1.54) is 0 Å². The molecule has 0 aromatic rings. The summed E-state index contributed by atoms with van der Waals surface area (Å²) in [4.78, 5) is 1.87. The van der Waals surface area contributed by atoms with Gasteiger partial charge in [-0.3, -0.25) is 0 Å². The first-order valence-electron chi connectivity index (χ1n) is 4.68. The van der Waals surface area contributed by atoms with Crippen molar-refractivity contribution in [2.24, 2.45) is 11.8 Å². The third-order valence-corrected chi connectivity index (χ3v) is 2.44. The van der Waals surface area contributed by atoms with Gasteiger partial charge in [0.2, 0.25) is 0 Å². The molecule has 0 N–H and O–H groups in total. The maximum atomic E-state index is 12.0. The summed E-state index contributed by atoms with van der Waals surface area (Å²) in [6, 6.07) is 0. The molecule has 0 aliphatic carbocycles. The Morgan fingerprint density at radius 3 is 2.23 bits per heavy atom. The van der Waals surface area contributed by atoms with Crippen LogP contribution < -0.4 is 0 Å². The Balaban J connectivity index is 2.12. The Bertz CT molecular complexity index is 159. The lowest BCUT2D eigenvalue weighted by atomic mass is 9.98. The van der Waals surface area contributed by atoms with Crippen LogP contribution in [0.2, 0.25) is 0 Å². The zero-order valence-electron chi connectivity index (χ0n) is 8.06. The van der Waals surface area contributed by atoms with E-state index in [1.807, 2.05) is 4.90 Å². The molecule has 0 radical (unpaired) electrons. The van der Waals surface area contributed by atoms with Crippen LogP contribution >= 0.6 is 0 Å². The average Bonchev–Trinajstić information content (AvgIpc) is 1.79. The zero-order chi connectivity index (χ0) is 10.1. The predicted molar refractivity (Wildman–Crippen MR) is 45.4 cm³/mol. The van der Waals surface area contributed by atoms with E-state index in [1.54, 1.807) is 0 Å². The number of nitrogens with zero attached hydrogens (tertiary/aromatic N) is 1. The first-order valence-corrected chi connectivity index (χ1v) is 4.68. The fraction of sp³-hybridized carbons (Fsp3) is 1.00. The molecular formula is C9H16F3N. The van der Waals surface area contributed by atoms with Crippen molar-refractivity contribution in [3.8, 4) is 0 Å². The van der Waals surface area contributed by atoms with Crippen molar-refractivity contribution >= 4 is 0 Å². The van der Waals surface area contributed by atoms with Gasteiger partial charge in [-0.15, -0.1) is 0 Å². The topological polar surface area (TPSA) is 3.24 Å². The van der Waals surface area contributed by atoms with Crippen LogP contribution in [0, 0.1) is 11.8 Å². The van der Waals surface area contributed by atoms with Gasteiger partial charge in [-0.1, -0.05) is 13.8 Å². The lowest BCUT2D eigenvalue weighted by Crippen LogP contribution is -2.53. The van der Waals surface area contributed by atoms with Gasteiger partial charge < -0.3 is 4.90 Å². The highest BCUT2D eigenvalue weighted by Crippen LogP contribution is 2.33. The van der Waals surface area contributed by atoms with Gasteiger partial charge in [-0.25, -0.2) is 0 Å². The van der Waals surface area contributed by atoms with Crippen LogP contribution in [0.5, 0.6) is 0 Å². The number of likely N-dealkylation sites (tertiary alicyclic amines) is 1. The number of alkyl halides is 3. The highest BCUT2D eigenvalue weighted by Gasteiger charge is 2.46. The summed E-state index contributed by atoms with van der Waals surface area (Å²) >= 11 is 0. The van der Waals surface area contributed by atoms with Crippen LogP contribution in [0.15, 0.2) is 0 Å². The molecule has 0 saturated carbocycles. The first-order chi connectivity index (χ1) is 5.89. The monoisotopic (exact) mass is 195 g/mol. The lowest BCUT2D eigenvalue weighted by molar-refractivity contribution is -0.209. The van der Waals surface area contributed by atoms with E-state index in [9.17, 15) is 13.2 Å². The van der Waals surface area contributed by atoms with E-state index >= 15 is 0 Å². The largest absolute Gasteiger partial charge is 0.394 e. The summed E-state index contributed by atoms with van der Waals surface area (Å²) in [5.41, 5.74) is 0. The lowest BCUT2D eigenvalue weighted by Gasteiger charge is -2.40. The predicted octanol–water partition coefficient (Wildman–Crippen LogP) is 2.53. The summed E-state index contributed by atoms with van der Waals surface area (Å²) < 4.78 is 36.1. The minimum absolute atomic E-state index is 0.205. The van der Waals surface area contributed by atoms with Crippen molar-refractivity contribution in [1.82, 2.24) is 4.90 Å². The van der Waals surface area contributed by atoms with Crippen molar-refractivity contribution in [3.05, 3.63) is 0 Å². The highest BCUT2D eigenvalue weighted by molar-refractivity contribution is 4.84. The molecule has 1 heterocycles. The molecule has 78 valence electrons. The summed E-state index contributed by atoms with van der Waals surface area (Å²) in [6.07, 6.45) is -2.99. The molecule has 4 heteroatoms. The molecule has 0 atom stereocenters. The molecule has 1 rings (SSSR count). The van der Waals surface area contributed by atoms with Gasteiger partial charge in [0.15, 0.2) is 0 Å². The van der Waals surface area contributed by atoms with Crippen molar-refractivity contribution in [2.45, 2.75) is 26.4 Å². The second-order valence-electron chi connectivity index (χ2n) is 4.18. The van der Waals surface area contributed by atoms with Crippen molar-refractivity contribution < 1.29 is 13.2 Å². The average molecular weight is 195 g/mol. The summed E-state index contributed by atoms with van der Waals surface area (Å²) in [5, 5.41) is 0. The smallest absolute Gasteiger partial charge is 0.302 e. The Labute approximate surface area is 76.9 Å². The molecule has 0 amide bonds. The second-order valence-corrected chi connectivity index (χ2v) is 4.18. The van der Waals surface area contributed by atoms with Crippen molar-refractivity contribution in [1.29, 1.82) is 0 Å². The molecule has 0 bridgehead atoms. The molecule has 1 nitrogen and oxygen atoms in total. The number of hydrogen-bond acceptors (Lipinski definition) is 1. The summed E-state index contributed by atoms with van der Waals surface area (Å²) in [7, 11) is 0. The molecule has 1 fully saturated rings. The van der Waals surface area contributed by atoms with Crippen LogP contribution in [0.4, 0.5) is 13.2 Å². The third-order valence-electron chi connectivity index (χ3n) is 2.44. The van der Waals surface area contributed by atoms with Gasteiger partial charge in [0.25, 0.3) is 0 Å². The fourth-order valence-corrected chi connectivity index (χ4v) is 1.40. The normalized spacial score (nSPS) is 20.8. The van der Waals surface area contributed by atoms with Gasteiger partial charge in [0.1, 0.15) is 0 Å². The molecule has 13 heavy (non-hydrogen) atoms.